The lowest BCUT2D eigenvalue weighted by Gasteiger charge is -2.15. The second kappa shape index (κ2) is 6.93. The largest absolute Gasteiger partial charge is 0.392 e. The van der Waals surface area contributed by atoms with Crippen LogP contribution in [0.1, 0.15) is 24.1 Å². The SMILES string of the molecule is C[C@H](Nc1cncc(-n2cnc3ccc(CO)cc32)n1)c1ccccc1. The van der Waals surface area contributed by atoms with Crippen molar-refractivity contribution in [1.82, 2.24) is 19.5 Å². The van der Waals surface area contributed by atoms with E-state index in [1.165, 1.54) is 5.56 Å². The van der Waals surface area contributed by atoms with Crippen molar-refractivity contribution < 1.29 is 5.11 Å². The van der Waals surface area contributed by atoms with Crippen LogP contribution in [0.3, 0.4) is 0 Å². The molecule has 130 valence electrons. The van der Waals surface area contributed by atoms with Crippen molar-refractivity contribution in [2.45, 2.75) is 19.6 Å². The van der Waals surface area contributed by atoms with Crippen molar-refractivity contribution >= 4 is 16.9 Å². The van der Waals surface area contributed by atoms with Crippen LogP contribution in [0, 0.1) is 0 Å². The van der Waals surface area contributed by atoms with Gasteiger partial charge in [-0.3, -0.25) is 9.55 Å². The van der Waals surface area contributed by atoms with E-state index in [1.54, 1.807) is 18.7 Å². The first kappa shape index (κ1) is 16.2. The summed E-state index contributed by atoms with van der Waals surface area (Å²) in [5.74, 6) is 1.37. The van der Waals surface area contributed by atoms with Gasteiger partial charge in [0.05, 0.1) is 30.0 Å². The maximum Gasteiger partial charge on any atom is 0.159 e. The monoisotopic (exact) mass is 345 g/mol. The average Bonchev–Trinajstić information content (AvgIpc) is 3.12. The number of anilines is 1. The highest BCUT2D eigenvalue weighted by Gasteiger charge is 2.10. The minimum Gasteiger partial charge on any atom is -0.392 e. The van der Waals surface area contributed by atoms with Crippen LogP contribution in [0.15, 0.2) is 67.3 Å². The zero-order chi connectivity index (χ0) is 17.9. The fraction of sp³-hybridized carbons (Fsp3) is 0.150. The highest BCUT2D eigenvalue weighted by molar-refractivity contribution is 5.77. The number of benzene rings is 2. The van der Waals surface area contributed by atoms with Crippen molar-refractivity contribution in [1.29, 1.82) is 0 Å². The van der Waals surface area contributed by atoms with E-state index < -0.39 is 0 Å². The number of nitrogens with zero attached hydrogens (tertiary/aromatic N) is 4. The molecule has 0 unspecified atom stereocenters. The number of aliphatic hydroxyl groups excluding tert-OH is 1. The topological polar surface area (TPSA) is 75.9 Å². The van der Waals surface area contributed by atoms with Crippen LogP contribution in [-0.2, 0) is 6.61 Å². The van der Waals surface area contributed by atoms with Gasteiger partial charge in [0.15, 0.2) is 5.82 Å². The van der Waals surface area contributed by atoms with Gasteiger partial charge in [-0.1, -0.05) is 36.4 Å². The van der Waals surface area contributed by atoms with Crippen molar-refractivity contribution in [3.63, 3.8) is 0 Å². The number of rotatable bonds is 5. The van der Waals surface area contributed by atoms with Crippen LogP contribution < -0.4 is 5.32 Å². The molecule has 2 heterocycles. The van der Waals surface area contributed by atoms with E-state index in [-0.39, 0.29) is 12.6 Å². The highest BCUT2D eigenvalue weighted by atomic mass is 16.3. The number of aliphatic hydroxyl groups is 1. The molecule has 4 aromatic rings. The molecule has 0 saturated carbocycles. The van der Waals surface area contributed by atoms with Crippen LogP contribution in [0.4, 0.5) is 5.82 Å². The molecule has 0 aliphatic heterocycles. The predicted molar refractivity (Wildman–Crippen MR) is 101 cm³/mol. The number of nitrogens with one attached hydrogen (secondary N) is 1. The third-order valence-electron chi connectivity index (χ3n) is 4.33. The molecule has 2 aromatic carbocycles. The Balaban J connectivity index is 1.66. The third-order valence-corrected chi connectivity index (χ3v) is 4.33. The van der Waals surface area contributed by atoms with Gasteiger partial charge < -0.3 is 10.4 Å². The Labute approximate surface area is 151 Å². The molecular weight excluding hydrogens is 326 g/mol. The molecule has 2 N–H and O–H groups in total. The molecule has 4 rings (SSSR count). The molecule has 0 fully saturated rings. The molecule has 0 aliphatic rings. The number of hydrogen-bond donors (Lipinski definition) is 2. The van der Waals surface area contributed by atoms with E-state index in [4.69, 9.17) is 0 Å². The molecule has 0 aliphatic carbocycles. The second-order valence-corrected chi connectivity index (χ2v) is 6.13. The van der Waals surface area contributed by atoms with Crippen molar-refractivity contribution in [3.8, 4) is 5.82 Å². The summed E-state index contributed by atoms with van der Waals surface area (Å²) in [6, 6.07) is 16.0. The molecular formula is C20H19N5O. The van der Waals surface area contributed by atoms with E-state index in [0.717, 1.165) is 16.6 Å². The summed E-state index contributed by atoms with van der Waals surface area (Å²) in [5.41, 5.74) is 3.75. The Morgan fingerprint density at radius 2 is 1.96 bits per heavy atom. The predicted octanol–water partition coefficient (Wildman–Crippen LogP) is 3.48. The Morgan fingerprint density at radius 1 is 1.12 bits per heavy atom. The van der Waals surface area contributed by atoms with Crippen molar-refractivity contribution in [2.75, 3.05) is 5.32 Å². The quantitative estimate of drug-likeness (QED) is 0.579. The smallest absolute Gasteiger partial charge is 0.159 e. The number of hydrogen-bond acceptors (Lipinski definition) is 5. The minimum absolute atomic E-state index is 0.0109. The number of fused-ring (bicyclic) bond motifs is 1. The molecule has 0 spiro atoms. The van der Waals surface area contributed by atoms with Gasteiger partial charge in [0.2, 0.25) is 0 Å². The molecule has 0 saturated heterocycles. The van der Waals surface area contributed by atoms with Crippen LogP contribution >= 0.6 is 0 Å². The Kier molecular flexibility index (Phi) is 4.33. The van der Waals surface area contributed by atoms with E-state index in [2.05, 4.69) is 39.3 Å². The van der Waals surface area contributed by atoms with E-state index >= 15 is 0 Å². The molecule has 6 nitrogen and oxygen atoms in total. The molecule has 0 bridgehead atoms. The average molecular weight is 345 g/mol. The summed E-state index contributed by atoms with van der Waals surface area (Å²) in [7, 11) is 0. The van der Waals surface area contributed by atoms with Crippen LogP contribution in [0.2, 0.25) is 0 Å². The van der Waals surface area contributed by atoms with Gasteiger partial charge in [-0.05, 0) is 30.2 Å². The van der Waals surface area contributed by atoms with Gasteiger partial charge in [-0.2, -0.15) is 0 Å². The van der Waals surface area contributed by atoms with Gasteiger partial charge in [-0.15, -0.1) is 0 Å². The van der Waals surface area contributed by atoms with Gasteiger partial charge in [0, 0.05) is 6.04 Å². The van der Waals surface area contributed by atoms with Gasteiger partial charge >= 0.3 is 0 Å². The first-order valence-electron chi connectivity index (χ1n) is 8.45. The Hall–Kier alpha value is -3.25. The zero-order valence-electron chi connectivity index (χ0n) is 14.4. The first-order valence-corrected chi connectivity index (χ1v) is 8.45. The van der Waals surface area contributed by atoms with Crippen molar-refractivity contribution in [2.24, 2.45) is 0 Å². The summed E-state index contributed by atoms with van der Waals surface area (Å²) < 4.78 is 1.87. The summed E-state index contributed by atoms with van der Waals surface area (Å²) in [6.45, 7) is 2.08. The lowest BCUT2D eigenvalue weighted by atomic mass is 10.1. The maximum absolute atomic E-state index is 9.38. The molecule has 2 aromatic heterocycles. The zero-order valence-corrected chi connectivity index (χ0v) is 14.4. The third kappa shape index (κ3) is 3.14. The van der Waals surface area contributed by atoms with Gasteiger partial charge in [0.1, 0.15) is 12.1 Å². The minimum atomic E-state index is -0.0109. The fourth-order valence-corrected chi connectivity index (χ4v) is 2.92. The summed E-state index contributed by atoms with van der Waals surface area (Å²) in [6.07, 6.45) is 5.13. The summed E-state index contributed by atoms with van der Waals surface area (Å²) in [4.78, 5) is 13.4. The van der Waals surface area contributed by atoms with E-state index in [0.29, 0.717) is 11.6 Å². The van der Waals surface area contributed by atoms with E-state index in [1.807, 2.05) is 41.0 Å². The molecule has 26 heavy (non-hydrogen) atoms. The number of aromatic nitrogens is 4. The normalized spacial score (nSPS) is 12.2. The van der Waals surface area contributed by atoms with Crippen LogP contribution in [0.5, 0.6) is 0 Å². The Bertz CT molecular complexity index is 1030. The van der Waals surface area contributed by atoms with Crippen LogP contribution in [0.25, 0.3) is 16.9 Å². The van der Waals surface area contributed by atoms with E-state index in [9.17, 15) is 5.11 Å². The molecule has 0 amide bonds. The second-order valence-electron chi connectivity index (χ2n) is 6.13. The van der Waals surface area contributed by atoms with Gasteiger partial charge in [0.25, 0.3) is 0 Å². The molecule has 0 radical (unpaired) electrons. The van der Waals surface area contributed by atoms with Crippen molar-refractivity contribution in [3.05, 3.63) is 78.4 Å². The fourth-order valence-electron chi connectivity index (χ4n) is 2.92. The summed E-state index contributed by atoms with van der Waals surface area (Å²) in [5, 5.41) is 12.8. The van der Waals surface area contributed by atoms with Crippen LogP contribution in [-0.4, -0.2) is 24.6 Å². The standard InChI is InChI=1S/C20H19N5O/c1-14(16-5-3-2-4-6-16)23-19-10-21-11-20(24-19)25-13-22-17-8-7-15(12-26)9-18(17)25/h2-11,13-14,26H,12H2,1H3,(H,23,24)/t14-/m0/s1. The first-order chi connectivity index (χ1) is 12.7. The summed E-state index contributed by atoms with van der Waals surface area (Å²) >= 11 is 0. The molecule has 6 heteroatoms. The molecule has 1 atom stereocenters. The van der Waals surface area contributed by atoms with Gasteiger partial charge in [-0.25, -0.2) is 9.97 Å². The maximum atomic E-state index is 9.38. The highest BCUT2D eigenvalue weighted by Crippen LogP contribution is 2.21. The lowest BCUT2D eigenvalue weighted by Crippen LogP contribution is -2.09. The number of imidazole rings is 1. The Morgan fingerprint density at radius 3 is 2.77 bits per heavy atom. The lowest BCUT2D eigenvalue weighted by molar-refractivity contribution is 0.282.